The van der Waals surface area contributed by atoms with Gasteiger partial charge in [-0.2, -0.15) is 0 Å². The molecule has 5 heteroatoms. The normalized spacial score (nSPS) is 10.8. The first-order valence-electron chi connectivity index (χ1n) is 4.17. The van der Waals surface area contributed by atoms with E-state index in [1.165, 1.54) is 11.3 Å². The maximum absolute atomic E-state index is 9.59. The lowest BCUT2D eigenvalue weighted by atomic mass is 9.89. The highest BCUT2D eigenvalue weighted by Gasteiger charge is 2.16. The third-order valence-electron chi connectivity index (χ3n) is 2.03. The van der Waals surface area contributed by atoms with Crippen molar-refractivity contribution in [1.29, 1.82) is 0 Å². The fourth-order valence-electron chi connectivity index (χ4n) is 1.40. The van der Waals surface area contributed by atoms with Crippen molar-refractivity contribution in [3.05, 3.63) is 23.8 Å². The Hall–Kier alpha value is -1.04. The van der Waals surface area contributed by atoms with E-state index in [1.807, 2.05) is 13.0 Å². The Morgan fingerprint density at radius 1 is 1.21 bits per heavy atom. The summed E-state index contributed by atoms with van der Waals surface area (Å²) in [5, 5.41) is 28.2. The lowest BCUT2D eigenvalue weighted by molar-refractivity contribution is 0.427. The Morgan fingerprint density at radius 2 is 1.93 bits per heavy atom. The van der Waals surface area contributed by atoms with E-state index in [4.69, 9.17) is 10.0 Å². The van der Waals surface area contributed by atoms with E-state index in [-0.39, 0.29) is 5.75 Å². The van der Waals surface area contributed by atoms with Crippen LogP contribution in [0.2, 0.25) is 0 Å². The van der Waals surface area contributed by atoms with Gasteiger partial charge in [-0.15, -0.1) is 11.3 Å². The zero-order valence-corrected chi connectivity index (χ0v) is 8.38. The molecule has 2 rings (SSSR count). The van der Waals surface area contributed by atoms with E-state index < -0.39 is 7.12 Å². The van der Waals surface area contributed by atoms with Crippen molar-refractivity contribution in [1.82, 2.24) is 0 Å². The van der Waals surface area contributed by atoms with Crippen LogP contribution in [-0.2, 0) is 0 Å². The first-order chi connectivity index (χ1) is 6.58. The van der Waals surface area contributed by atoms with Gasteiger partial charge in [-0.25, -0.2) is 0 Å². The maximum atomic E-state index is 9.59. The molecule has 0 saturated carbocycles. The number of hydrogen-bond donors (Lipinski definition) is 3. The Morgan fingerprint density at radius 3 is 2.57 bits per heavy atom. The number of phenols is 1. The van der Waals surface area contributed by atoms with Gasteiger partial charge >= 0.3 is 7.12 Å². The van der Waals surface area contributed by atoms with Gasteiger partial charge in [0.05, 0.1) is 0 Å². The summed E-state index contributed by atoms with van der Waals surface area (Å²) in [6.07, 6.45) is 0. The number of aryl methyl sites for hydroxylation is 1. The van der Waals surface area contributed by atoms with E-state index in [9.17, 15) is 5.11 Å². The van der Waals surface area contributed by atoms with Crippen molar-refractivity contribution in [3.63, 3.8) is 0 Å². The lowest BCUT2D eigenvalue weighted by Gasteiger charge is -1.96. The Balaban J connectivity index is 2.70. The maximum Gasteiger partial charge on any atom is 0.499 e. The molecule has 0 bridgehead atoms. The molecule has 3 nitrogen and oxygen atoms in total. The molecule has 0 radical (unpaired) electrons. The smallest absolute Gasteiger partial charge is 0.499 e. The van der Waals surface area contributed by atoms with Gasteiger partial charge < -0.3 is 15.2 Å². The average Bonchev–Trinajstić information content (AvgIpc) is 2.47. The molecule has 0 unspecified atom stereocenters. The summed E-state index contributed by atoms with van der Waals surface area (Å²) in [4.78, 5) is 0. The van der Waals surface area contributed by atoms with Gasteiger partial charge in [0.2, 0.25) is 0 Å². The third kappa shape index (κ3) is 1.50. The minimum Gasteiger partial charge on any atom is -0.507 e. The van der Waals surface area contributed by atoms with Gasteiger partial charge in [0, 0.05) is 14.9 Å². The molecule has 2 aromatic rings. The minimum atomic E-state index is -1.47. The Labute approximate surface area is 85.4 Å². The van der Waals surface area contributed by atoms with Crippen molar-refractivity contribution in [3.8, 4) is 5.75 Å². The van der Waals surface area contributed by atoms with Crippen LogP contribution in [0.15, 0.2) is 18.2 Å². The summed E-state index contributed by atoms with van der Waals surface area (Å²) in [6.45, 7) is 1.88. The number of rotatable bonds is 1. The predicted molar refractivity (Wildman–Crippen MR) is 58.1 cm³/mol. The predicted octanol–water partition coefficient (Wildman–Crippen LogP) is 0.595. The van der Waals surface area contributed by atoms with Crippen LogP contribution < -0.4 is 4.78 Å². The molecule has 3 N–H and O–H groups in total. The summed E-state index contributed by atoms with van der Waals surface area (Å²) in [5.41, 5.74) is 0.954. The van der Waals surface area contributed by atoms with Crippen LogP contribution in [0.25, 0.3) is 10.1 Å². The Kier molecular flexibility index (Phi) is 2.22. The first-order valence-corrected chi connectivity index (χ1v) is 4.99. The molecule has 0 aliphatic rings. The van der Waals surface area contributed by atoms with E-state index >= 15 is 0 Å². The fourth-order valence-corrected chi connectivity index (χ4v) is 2.46. The van der Waals surface area contributed by atoms with E-state index in [1.54, 1.807) is 12.1 Å². The quantitative estimate of drug-likeness (QED) is 0.601. The molecule has 1 aromatic carbocycles. The van der Waals surface area contributed by atoms with Crippen LogP contribution >= 0.6 is 11.3 Å². The SMILES string of the molecule is Cc1cc(O)c2cc(B(O)O)sc2c1. The number of aromatic hydroxyl groups is 1. The topological polar surface area (TPSA) is 60.7 Å². The summed E-state index contributed by atoms with van der Waals surface area (Å²) < 4.78 is 1.31. The molecule has 0 atom stereocenters. The highest BCUT2D eigenvalue weighted by Crippen LogP contribution is 2.29. The summed E-state index contributed by atoms with van der Waals surface area (Å²) >= 11 is 1.27. The van der Waals surface area contributed by atoms with Crippen molar-refractivity contribution in [2.75, 3.05) is 0 Å². The van der Waals surface area contributed by atoms with E-state index in [0.717, 1.165) is 10.3 Å². The zero-order chi connectivity index (χ0) is 10.3. The second kappa shape index (κ2) is 3.27. The van der Waals surface area contributed by atoms with Gasteiger partial charge in [0.25, 0.3) is 0 Å². The number of fused-ring (bicyclic) bond motifs is 1. The van der Waals surface area contributed by atoms with Gasteiger partial charge in [-0.3, -0.25) is 0 Å². The molecule has 1 heterocycles. The van der Waals surface area contributed by atoms with Gasteiger partial charge in [0.15, 0.2) is 0 Å². The summed E-state index contributed by atoms with van der Waals surface area (Å²) in [7, 11) is -1.47. The molecule has 72 valence electrons. The van der Waals surface area contributed by atoms with Gasteiger partial charge in [-0.05, 0) is 30.7 Å². The highest BCUT2D eigenvalue weighted by atomic mass is 32.1. The third-order valence-corrected chi connectivity index (χ3v) is 3.16. The zero-order valence-electron chi connectivity index (χ0n) is 7.56. The second-order valence-electron chi connectivity index (χ2n) is 3.22. The molecule has 0 fully saturated rings. The van der Waals surface area contributed by atoms with Gasteiger partial charge in [-0.1, -0.05) is 0 Å². The van der Waals surface area contributed by atoms with Crippen LogP contribution in [0, 0.1) is 6.92 Å². The standard InChI is InChI=1S/C9H9BO3S/c1-5-2-7(11)6-4-9(10(12)13)14-8(6)3-5/h2-4,11-13H,1H3. The average molecular weight is 208 g/mol. The van der Waals surface area contributed by atoms with Crippen LogP contribution in [0.5, 0.6) is 5.75 Å². The number of phenolic OH excluding ortho intramolecular Hbond substituents is 1. The summed E-state index contributed by atoms with van der Waals surface area (Å²) in [5.74, 6) is 0.183. The number of thiophene rings is 1. The van der Waals surface area contributed by atoms with Crippen LogP contribution in [0.3, 0.4) is 0 Å². The van der Waals surface area contributed by atoms with Crippen molar-refractivity contribution in [2.24, 2.45) is 0 Å². The minimum absolute atomic E-state index is 0.183. The van der Waals surface area contributed by atoms with E-state index in [2.05, 4.69) is 0 Å². The second-order valence-corrected chi connectivity index (χ2v) is 4.33. The Bertz CT molecular complexity index is 478. The van der Waals surface area contributed by atoms with E-state index in [0.29, 0.717) is 10.2 Å². The molecule has 1 aromatic heterocycles. The van der Waals surface area contributed by atoms with Crippen molar-refractivity contribution >= 4 is 33.3 Å². The molecular weight excluding hydrogens is 199 g/mol. The number of hydrogen-bond acceptors (Lipinski definition) is 4. The first kappa shape index (κ1) is 9.52. The fraction of sp³-hybridized carbons (Fsp3) is 0.111. The summed E-state index contributed by atoms with van der Waals surface area (Å²) in [6, 6.07) is 5.16. The molecule has 14 heavy (non-hydrogen) atoms. The molecule has 0 aliphatic heterocycles. The highest BCUT2D eigenvalue weighted by molar-refractivity contribution is 7.27. The van der Waals surface area contributed by atoms with Crippen molar-refractivity contribution < 1.29 is 15.2 Å². The van der Waals surface area contributed by atoms with Crippen LogP contribution in [-0.4, -0.2) is 22.3 Å². The molecular formula is C9H9BO3S. The lowest BCUT2D eigenvalue weighted by Crippen LogP contribution is -2.26. The van der Waals surface area contributed by atoms with Gasteiger partial charge in [0.1, 0.15) is 5.75 Å². The largest absolute Gasteiger partial charge is 0.507 e. The van der Waals surface area contributed by atoms with Crippen LogP contribution in [0.1, 0.15) is 5.56 Å². The number of benzene rings is 1. The van der Waals surface area contributed by atoms with Crippen molar-refractivity contribution in [2.45, 2.75) is 6.92 Å². The molecule has 0 aliphatic carbocycles. The molecule has 0 saturated heterocycles. The monoisotopic (exact) mass is 208 g/mol. The van der Waals surface area contributed by atoms with Crippen LogP contribution in [0.4, 0.5) is 0 Å². The molecule has 0 amide bonds. The molecule has 0 spiro atoms.